The van der Waals surface area contributed by atoms with Gasteiger partial charge in [0.05, 0.1) is 4.90 Å². The summed E-state index contributed by atoms with van der Waals surface area (Å²) in [5, 5.41) is 0. The molecule has 17 heavy (non-hydrogen) atoms. The predicted octanol–water partition coefficient (Wildman–Crippen LogP) is 1.06. The van der Waals surface area contributed by atoms with Crippen molar-refractivity contribution in [1.82, 2.24) is 9.62 Å². The molecular formula is C11H17FN2O2S. The number of sulfonamides is 1. The summed E-state index contributed by atoms with van der Waals surface area (Å²) >= 11 is 0. The Morgan fingerprint density at radius 1 is 1.24 bits per heavy atom. The SMILES string of the molecule is CN(C)CCCNS(=O)(=O)c1ccc(F)cc1. The molecule has 6 heteroatoms. The summed E-state index contributed by atoms with van der Waals surface area (Å²) in [6.07, 6.45) is 0.730. The summed E-state index contributed by atoms with van der Waals surface area (Å²) in [7, 11) is 0.340. The molecule has 0 unspecified atom stereocenters. The van der Waals surface area contributed by atoms with Crippen LogP contribution in [0.5, 0.6) is 0 Å². The smallest absolute Gasteiger partial charge is 0.240 e. The van der Waals surface area contributed by atoms with Gasteiger partial charge in [-0.1, -0.05) is 0 Å². The van der Waals surface area contributed by atoms with Crippen molar-refractivity contribution in [3.05, 3.63) is 30.1 Å². The van der Waals surface area contributed by atoms with Crippen LogP contribution < -0.4 is 4.72 Å². The second kappa shape index (κ2) is 6.09. The van der Waals surface area contributed by atoms with Crippen LogP contribution in [0.25, 0.3) is 0 Å². The van der Waals surface area contributed by atoms with E-state index in [4.69, 9.17) is 0 Å². The molecule has 1 aromatic carbocycles. The number of hydrogen-bond donors (Lipinski definition) is 1. The third kappa shape index (κ3) is 4.80. The number of benzene rings is 1. The van der Waals surface area contributed by atoms with E-state index >= 15 is 0 Å². The molecule has 0 heterocycles. The lowest BCUT2D eigenvalue weighted by atomic mass is 10.4. The Labute approximate surface area is 101 Å². The molecule has 0 aliphatic rings. The lowest BCUT2D eigenvalue weighted by molar-refractivity contribution is 0.400. The Kier molecular flexibility index (Phi) is 5.04. The van der Waals surface area contributed by atoms with Crippen LogP contribution in [-0.4, -0.2) is 40.5 Å². The summed E-state index contributed by atoms with van der Waals surface area (Å²) in [6.45, 7) is 1.18. The molecule has 0 spiro atoms. The van der Waals surface area contributed by atoms with Crippen molar-refractivity contribution in [3.63, 3.8) is 0 Å². The Hall–Kier alpha value is -0.980. The summed E-state index contributed by atoms with van der Waals surface area (Å²) in [5.74, 6) is -0.448. The van der Waals surface area contributed by atoms with Crippen molar-refractivity contribution in [2.75, 3.05) is 27.2 Å². The summed E-state index contributed by atoms with van der Waals surface area (Å²) in [6, 6.07) is 4.77. The van der Waals surface area contributed by atoms with E-state index in [2.05, 4.69) is 4.72 Å². The van der Waals surface area contributed by atoms with Crippen LogP contribution in [0.2, 0.25) is 0 Å². The summed E-state index contributed by atoms with van der Waals surface area (Å²) in [4.78, 5) is 2.07. The minimum atomic E-state index is -3.51. The van der Waals surface area contributed by atoms with E-state index in [-0.39, 0.29) is 4.90 Å². The van der Waals surface area contributed by atoms with Crippen LogP contribution in [0.15, 0.2) is 29.2 Å². The van der Waals surface area contributed by atoms with Gasteiger partial charge in [-0.3, -0.25) is 0 Å². The van der Waals surface area contributed by atoms with Crippen LogP contribution in [0.3, 0.4) is 0 Å². The topological polar surface area (TPSA) is 49.4 Å². The molecule has 0 aromatic heterocycles. The third-order valence-electron chi connectivity index (χ3n) is 2.20. The van der Waals surface area contributed by atoms with Crippen LogP contribution in [0.4, 0.5) is 4.39 Å². The Morgan fingerprint density at radius 3 is 2.35 bits per heavy atom. The molecule has 1 N–H and O–H groups in total. The second-order valence-corrected chi connectivity index (χ2v) is 5.78. The largest absolute Gasteiger partial charge is 0.309 e. The fraction of sp³-hybridized carbons (Fsp3) is 0.455. The lowest BCUT2D eigenvalue weighted by Gasteiger charge is -2.10. The van der Waals surface area contributed by atoms with E-state index < -0.39 is 15.8 Å². The van der Waals surface area contributed by atoms with E-state index in [1.165, 1.54) is 12.1 Å². The van der Waals surface area contributed by atoms with Crippen LogP contribution in [0, 0.1) is 5.82 Å². The van der Waals surface area contributed by atoms with Crippen LogP contribution >= 0.6 is 0 Å². The zero-order chi connectivity index (χ0) is 12.9. The third-order valence-corrected chi connectivity index (χ3v) is 3.68. The first kappa shape index (κ1) is 14.1. The van der Waals surface area contributed by atoms with E-state index in [9.17, 15) is 12.8 Å². The van der Waals surface area contributed by atoms with E-state index in [0.29, 0.717) is 6.54 Å². The van der Waals surface area contributed by atoms with Crippen LogP contribution in [0.1, 0.15) is 6.42 Å². The van der Waals surface area contributed by atoms with Gasteiger partial charge in [0.25, 0.3) is 0 Å². The standard InChI is InChI=1S/C11H17FN2O2S/c1-14(2)9-3-8-13-17(15,16)11-6-4-10(12)5-7-11/h4-7,13H,3,8-9H2,1-2H3. The molecule has 4 nitrogen and oxygen atoms in total. The molecule has 1 aromatic rings. The van der Waals surface area contributed by atoms with Gasteiger partial charge in [-0.15, -0.1) is 0 Å². The highest BCUT2D eigenvalue weighted by Gasteiger charge is 2.12. The van der Waals surface area contributed by atoms with Gasteiger partial charge in [-0.05, 0) is 51.3 Å². The maximum Gasteiger partial charge on any atom is 0.240 e. The minimum Gasteiger partial charge on any atom is -0.309 e. The first-order valence-electron chi connectivity index (χ1n) is 5.32. The average molecular weight is 260 g/mol. The monoisotopic (exact) mass is 260 g/mol. The maximum absolute atomic E-state index is 12.6. The molecule has 0 saturated heterocycles. The Bertz CT molecular complexity index is 443. The van der Waals surface area contributed by atoms with Gasteiger partial charge in [-0.2, -0.15) is 0 Å². The number of hydrogen-bond acceptors (Lipinski definition) is 3. The summed E-state index contributed by atoms with van der Waals surface area (Å²) < 4.78 is 38.6. The molecule has 0 saturated carbocycles. The highest BCUT2D eigenvalue weighted by molar-refractivity contribution is 7.89. The first-order chi connectivity index (χ1) is 7.92. The first-order valence-corrected chi connectivity index (χ1v) is 6.80. The van der Waals surface area contributed by atoms with Gasteiger partial charge in [-0.25, -0.2) is 17.5 Å². The van der Waals surface area contributed by atoms with E-state index in [1.54, 1.807) is 0 Å². The molecular weight excluding hydrogens is 243 g/mol. The molecule has 96 valence electrons. The molecule has 0 aliphatic heterocycles. The van der Waals surface area contributed by atoms with E-state index in [0.717, 1.165) is 25.1 Å². The Morgan fingerprint density at radius 2 is 1.82 bits per heavy atom. The number of halogens is 1. The fourth-order valence-electron chi connectivity index (χ4n) is 1.30. The molecule has 0 aliphatic carbocycles. The van der Waals surface area contributed by atoms with Gasteiger partial charge < -0.3 is 4.90 Å². The predicted molar refractivity (Wildman–Crippen MR) is 64.8 cm³/mol. The fourth-order valence-corrected chi connectivity index (χ4v) is 2.37. The van der Waals surface area contributed by atoms with Gasteiger partial charge in [0, 0.05) is 6.54 Å². The molecule has 0 bridgehead atoms. The quantitative estimate of drug-likeness (QED) is 0.778. The maximum atomic E-state index is 12.6. The number of rotatable bonds is 6. The van der Waals surface area contributed by atoms with Gasteiger partial charge in [0.2, 0.25) is 10.0 Å². The van der Waals surface area contributed by atoms with Crippen molar-refractivity contribution in [1.29, 1.82) is 0 Å². The van der Waals surface area contributed by atoms with Crippen molar-refractivity contribution < 1.29 is 12.8 Å². The lowest BCUT2D eigenvalue weighted by Crippen LogP contribution is -2.27. The normalized spacial score (nSPS) is 12.0. The second-order valence-electron chi connectivity index (χ2n) is 4.01. The Balaban J connectivity index is 2.54. The van der Waals surface area contributed by atoms with Crippen molar-refractivity contribution in [2.45, 2.75) is 11.3 Å². The van der Waals surface area contributed by atoms with E-state index in [1.807, 2.05) is 19.0 Å². The number of nitrogens with one attached hydrogen (secondary N) is 1. The summed E-state index contributed by atoms with van der Waals surface area (Å²) in [5.41, 5.74) is 0. The van der Waals surface area contributed by atoms with Crippen LogP contribution in [-0.2, 0) is 10.0 Å². The molecule has 0 atom stereocenters. The van der Waals surface area contributed by atoms with Gasteiger partial charge in [0.15, 0.2) is 0 Å². The van der Waals surface area contributed by atoms with Crippen molar-refractivity contribution >= 4 is 10.0 Å². The molecule has 0 fully saturated rings. The molecule has 0 amide bonds. The molecule has 1 rings (SSSR count). The highest BCUT2D eigenvalue weighted by Crippen LogP contribution is 2.09. The van der Waals surface area contributed by atoms with Crippen molar-refractivity contribution in [3.8, 4) is 0 Å². The average Bonchev–Trinajstić information content (AvgIpc) is 2.25. The highest BCUT2D eigenvalue weighted by atomic mass is 32.2. The zero-order valence-electron chi connectivity index (χ0n) is 9.98. The minimum absolute atomic E-state index is 0.0868. The molecule has 0 radical (unpaired) electrons. The zero-order valence-corrected chi connectivity index (χ0v) is 10.8. The van der Waals surface area contributed by atoms with Gasteiger partial charge in [0.1, 0.15) is 5.82 Å². The van der Waals surface area contributed by atoms with Crippen molar-refractivity contribution in [2.24, 2.45) is 0 Å². The number of nitrogens with zero attached hydrogens (tertiary/aromatic N) is 1. The van der Waals surface area contributed by atoms with Gasteiger partial charge >= 0.3 is 0 Å².